The summed E-state index contributed by atoms with van der Waals surface area (Å²) in [6.45, 7) is -1.59. The fraction of sp³-hybridized carbons (Fsp3) is 0.348. The maximum Gasteiger partial charge on any atom is 0.407 e. The summed E-state index contributed by atoms with van der Waals surface area (Å²) >= 11 is 5.73. The number of hydrogen-bond acceptors (Lipinski definition) is 4. The first-order chi connectivity index (χ1) is 16.9. The number of nitrogens with one attached hydrogen (secondary N) is 2. The Kier molecular flexibility index (Phi) is 6.98. The number of halogens is 5. The molecule has 2 aliphatic rings. The van der Waals surface area contributed by atoms with Crippen molar-refractivity contribution in [2.75, 3.05) is 18.5 Å². The van der Waals surface area contributed by atoms with Gasteiger partial charge in [-0.25, -0.2) is 27.2 Å². The smallest absolute Gasteiger partial charge is 0.407 e. The summed E-state index contributed by atoms with van der Waals surface area (Å²) in [5, 5.41) is 13.9. The van der Waals surface area contributed by atoms with Crippen molar-refractivity contribution in [1.82, 2.24) is 10.2 Å². The SMILES string of the molecule is O=C(N[C@H]1CCc2c(C(=O)Nc3ccc(F)c(Cl)c3)ccc(F)c21)OC[C@@H]1CC(F)(F)CN1C(=O)O. The van der Waals surface area contributed by atoms with E-state index in [0.717, 1.165) is 12.1 Å². The van der Waals surface area contributed by atoms with Crippen LogP contribution in [0.3, 0.4) is 0 Å². The van der Waals surface area contributed by atoms with E-state index in [0.29, 0.717) is 10.5 Å². The second kappa shape index (κ2) is 9.84. The highest BCUT2D eigenvalue weighted by Crippen LogP contribution is 2.36. The number of likely N-dealkylation sites (tertiary alicyclic amines) is 1. The van der Waals surface area contributed by atoms with Crippen LogP contribution in [0.2, 0.25) is 5.02 Å². The largest absolute Gasteiger partial charge is 0.465 e. The number of rotatable bonds is 5. The van der Waals surface area contributed by atoms with Crippen molar-refractivity contribution < 1.29 is 41.8 Å². The van der Waals surface area contributed by atoms with Gasteiger partial charge in [0.2, 0.25) is 0 Å². The Morgan fingerprint density at radius 1 is 1.17 bits per heavy atom. The summed E-state index contributed by atoms with van der Waals surface area (Å²) in [4.78, 5) is 36.8. The lowest BCUT2D eigenvalue weighted by Crippen LogP contribution is -2.39. The van der Waals surface area contributed by atoms with E-state index >= 15 is 0 Å². The van der Waals surface area contributed by atoms with Crippen molar-refractivity contribution in [3.05, 3.63) is 63.7 Å². The second-order valence-electron chi connectivity index (χ2n) is 8.53. The molecule has 192 valence electrons. The number of fused-ring (bicyclic) bond motifs is 1. The van der Waals surface area contributed by atoms with Crippen LogP contribution in [0.15, 0.2) is 30.3 Å². The first-order valence-electron chi connectivity index (χ1n) is 10.8. The Morgan fingerprint density at radius 3 is 2.58 bits per heavy atom. The molecule has 36 heavy (non-hydrogen) atoms. The highest BCUT2D eigenvalue weighted by atomic mass is 35.5. The number of hydrogen-bond donors (Lipinski definition) is 3. The topological polar surface area (TPSA) is 108 Å². The summed E-state index contributed by atoms with van der Waals surface area (Å²) in [5.74, 6) is -5.14. The van der Waals surface area contributed by atoms with Crippen molar-refractivity contribution in [2.24, 2.45) is 0 Å². The predicted octanol–water partition coefficient (Wildman–Crippen LogP) is 4.97. The van der Waals surface area contributed by atoms with Crippen LogP contribution < -0.4 is 10.6 Å². The van der Waals surface area contributed by atoms with Gasteiger partial charge >= 0.3 is 12.2 Å². The molecule has 0 bridgehead atoms. The molecule has 8 nitrogen and oxygen atoms in total. The maximum absolute atomic E-state index is 14.7. The molecule has 0 unspecified atom stereocenters. The molecule has 1 aliphatic heterocycles. The zero-order valence-corrected chi connectivity index (χ0v) is 19.3. The number of carbonyl (C=O) groups is 3. The van der Waals surface area contributed by atoms with Gasteiger partial charge in [-0.15, -0.1) is 0 Å². The third kappa shape index (κ3) is 5.32. The van der Waals surface area contributed by atoms with E-state index in [-0.39, 0.29) is 34.7 Å². The van der Waals surface area contributed by atoms with Gasteiger partial charge in [-0.1, -0.05) is 11.6 Å². The van der Waals surface area contributed by atoms with E-state index in [9.17, 15) is 31.9 Å². The molecule has 0 saturated carbocycles. The molecular weight excluding hydrogens is 510 g/mol. The van der Waals surface area contributed by atoms with Gasteiger partial charge < -0.3 is 20.5 Å². The third-order valence-electron chi connectivity index (χ3n) is 6.08. The van der Waals surface area contributed by atoms with E-state index in [2.05, 4.69) is 10.6 Å². The van der Waals surface area contributed by atoms with Crippen LogP contribution in [0, 0.1) is 11.6 Å². The fourth-order valence-electron chi connectivity index (χ4n) is 4.47. The van der Waals surface area contributed by atoms with Crippen molar-refractivity contribution in [3.63, 3.8) is 0 Å². The molecule has 0 aromatic heterocycles. The minimum Gasteiger partial charge on any atom is -0.465 e. The van der Waals surface area contributed by atoms with E-state index in [4.69, 9.17) is 21.4 Å². The van der Waals surface area contributed by atoms with Crippen LogP contribution >= 0.6 is 11.6 Å². The number of alkyl halides is 2. The number of nitrogens with zero attached hydrogens (tertiary/aromatic N) is 1. The summed E-state index contributed by atoms with van der Waals surface area (Å²) in [5.41, 5.74) is 0.818. The maximum atomic E-state index is 14.7. The van der Waals surface area contributed by atoms with Crippen LogP contribution in [0.25, 0.3) is 0 Å². The number of benzene rings is 2. The molecule has 4 rings (SSSR count). The molecule has 3 amide bonds. The minimum atomic E-state index is -3.23. The van der Waals surface area contributed by atoms with Crippen LogP contribution in [0.1, 0.15) is 40.4 Å². The standard InChI is InChI=1S/C23H20ClF4N3O5/c24-15-7-11(1-4-16(15)25)29-20(32)14-2-5-17(26)19-13(14)3-6-18(19)30-21(33)36-9-12-8-23(27,28)10-31(12)22(34)35/h1-2,4-5,7,12,18H,3,6,8-10H2,(H,29,32)(H,30,33)(H,34,35)/t12-,18-/m0/s1. The molecule has 13 heteroatoms. The zero-order valence-electron chi connectivity index (χ0n) is 18.5. The van der Waals surface area contributed by atoms with E-state index < -0.39 is 67.3 Å². The summed E-state index contributed by atoms with van der Waals surface area (Å²) < 4.78 is 60.2. The van der Waals surface area contributed by atoms with Crippen molar-refractivity contribution in [1.29, 1.82) is 0 Å². The van der Waals surface area contributed by atoms with Gasteiger partial charge in [-0.05, 0) is 48.7 Å². The van der Waals surface area contributed by atoms with Crippen LogP contribution in [-0.2, 0) is 11.2 Å². The van der Waals surface area contributed by atoms with Crippen molar-refractivity contribution in [2.45, 2.75) is 37.3 Å². The number of alkyl carbamates (subject to hydrolysis) is 1. The average Bonchev–Trinajstić information content (AvgIpc) is 3.36. The van der Waals surface area contributed by atoms with Gasteiger partial charge in [-0.2, -0.15) is 0 Å². The second-order valence-corrected chi connectivity index (χ2v) is 8.94. The van der Waals surface area contributed by atoms with Crippen LogP contribution in [0.5, 0.6) is 0 Å². The summed E-state index contributed by atoms with van der Waals surface area (Å²) in [6, 6.07) is 3.91. The summed E-state index contributed by atoms with van der Waals surface area (Å²) in [6.07, 6.45) is -2.90. The number of amides is 3. The van der Waals surface area contributed by atoms with E-state index in [1.54, 1.807) is 0 Å². The van der Waals surface area contributed by atoms with Gasteiger partial charge in [0.15, 0.2) is 0 Å². The first-order valence-corrected chi connectivity index (χ1v) is 11.2. The quantitative estimate of drug-likeness (QED) is 0.474. The number of carboxylic acid groups (broad SMARTS) is 1. The molecule has 2 atom stereocenters. The molecule has 0 spiro atoms. The predicted molar refractivity (Wildman–Crippen MR) is 119 cm³/mol. The molecule has 1 heterocycles. The number of anilines is 1. The van der Waals surface area contributed by atoms with E-state index in [1.165, 1.54) is 18.2 Å². The average molecular weight is 530 g/mol. The molecule has 1 aliphatic carbocycles. The van der Waals surface area contributed by atoms with Gasteiger partial charge in [0, 0.05) is 23.2 Å². The Morgan fingerprint density at radius 2 is 1.89 bits per heavy atom. The lowest BCUT2D eigenvalue weighted by atomic mass is 10.0. The number of carbonyl (C=O) groups excluding carboxylic acids is 2. The molecule has 1 saturated heterocycles. The van der Waals surface area contributed by atoms with E-state index in [1.807, 2.05) is 0 Å². The van der Waals surface area contributed by atoms with Gasteiger partial charge in [0.1, 0.15) is 18.2 Å². The Hall–Kier alpha value is -3.54. The van der Waals surface area contributed by atoms with Gasteiger partial charge in [0.05, 0.1) is 23.7 Å². The van der Waals surface area contributed by atoms with Crippen LogP contribution in [0.4, 0.5) is 32.8 Å². The Balaban J connectivity index is 1.43. The first kappa shape index (κ1) is 25.5. The zero-order chi connectivity index (χ0) is 26.2. The lowest BCUT2D eigenvalue weighted by molar-refractivity contribution is 0.0122. The lowest BCUT2D eigenvalue weighted by Gasteiger charge is -2.21. The normalized spacial score (nSPS) is 20.1. The number of ether oxygens (including phenoxy) is 1. The minimum absolute atomic E-state index is 0.0799. The molecule has 1 fully saturated rings. The Bertz CT molecular complexity index is 1230. The molecule has 3 N–H and O–H groups in total. The highest BCUT2D eigenvalue weighted by molar-refractivity contribution is 6.31. The summed E-state index contributed by atoms with van der Waals surface area (Å²) in [7, 11) is 0. The highest BCUT2D eigenvalue weighted by Gasteiger charge is 2.47. The van der Waals surface area contributed by atoms with Crippen molar-refractivity contribution >= 4 is 35.4 Å². The van der Waals surface area contributed by atoms with Gasteiger partial charge in [0.25, 0.3) is 11.8 Å². The van der Waals surface area contributed by atoms with Crippen LogP contribution in [-0.4, -0.2) is 53.2 Å². The van der Waals surface area contributed by atoms with Gasteiger partial charge in [-0.3, -0.25) is 9.69 Å². The Labute approximate surface area is 207 Å². The van der Waals surface area contributed by atoms with Crippen molar-refractivity contribution in [3.8, 4) is 0 Å². The third-order valence-corrected chi connectivity index (χ3v) is 6.37. The molecular formula is C23H20ClF4N3O5. The molecule has 0 radical (unpaired) electrons. The monoisotopic (exact) mass is 529 g/mol. The molecule has 2 aromatic rings. The molecule has 2 aromatic carbocycles. The fourth-order valence-corrected chi connectivity index (χ4v) is 4.65.